The van der Waals surface area contributed by atoms with E-state index in [9.17, 15) is 19.2 Å². The minimum absolute atomic E-state index is 0.0127. The summed E-state index contributed by atoms with van der Waals surface area (Å²) < 4.78 is 34.5. The van der Waals surface area contributed by atoms with Crippen LogP contribution in [0.15, 0.2) is 6.20 Å². The second-order valence-corrected chi connectivity index (χ2v) is 23.6. The van der Waals surface area contributed by atoms with Crippen molar-refractivity contribution in [3.05, 3.63) is 11.9 Å². The van der Waals surface area contributed by atoms with Gasteiger partial charge in [0.05, 0.1) is 43.8 Å². The van der Waals surface area contributed by atoms with Crippen LogP contribution < -0.4 is 0 Å². The minimum Gasteiger partial charge on any atom is -0.462 e. The number of hydrogen-bond donors (Lipinski definition) is 0. The van der Waals surface area contributed by atoms with Crippen molar-refractivity contribution in [3.8, 4) is 0 Å². The summed E-state index contributed by atoms with van der Waals surface area (Å²) >= 11 is 3.41. The zero-order chi connectivity index (χ0) is 48.3. The van der Waals surface area contributed by atoms with Gasteiger partial charge in [0, 0.05) is 72.6 Å². The van der Waals surface area contributed by atoms with E-state index in [2.05, 4.69) is 58.8 Å². The molecule has 0 fully saturated rings. The Labute approximate surface area is 391 Å². The van der Waals surface area contributed by atoms with Crippen molar-refractivity contribution >= 4 is 63.1 Å². The fraction of sp³-hybridized carbons (Fsp3) is 0.867. The van der Waals surface area contributed by atoms with E-state index in [4.69, 9.17) is 44.1 Å². The Morgan fingerprint density at radius 1 is 0.730 bits per heavy atom. The lowest BCUT2D eigenvalue weighted by Gasteiger charge is -2.38. The number of aromatic nitrogens is 3. The first-order valence-electron chi connectivity index (χ1n) is 22.2. The van der Waals surface area contributed by atoms with Crippen LogP contribution in [0.4, 0.5) is 0 Å². The van der Waals surface area contributed by atoms with E-state index < -0.39 is 17.4 Å². The monoisotopic (exact) mass is 923 g/mol. The second kappa shape index (κ2) is 26.8. The summed E-state index contributed by atoms with van der Waals surface area (Å²) in [5.74, 6) is -1.10. The van der Waals surface area contributed by atoms with Gasteiger partial charge in [0.2, 0.25) is 0 Å². The van der Waals surface area contributed by atoms with Crippen LogP contribution in [0, 0.1) is 17.3 Å². The molecule has 3 unspecified atom stereocenters. The van der Waals surface area contributed by atoms with Crippen molar-refractivity contribution in [2.24, 2.45) is 17.3 Å². The highest BCUT2D eigenvalue weighted by Gasteiger charge is 2.34. The molecular weight excluding hydrogens is 842 g/mol. The number of carbonyl (C=O) groups is 4. The molecule has 358 valence electrons. The molecule has 0 amide bonds. The number of esters is 4. The molecule has 0 N–H and O–H groups in total. The number of methoxy groups -OCH3 is 1. The van der Waals surface area contributed by atoms with Gasteiger partial charge in [-0.2, -0.15) is 23.5 Å². The lowest BCUT2D eigenvalue weighted by atomic mass is 9.67. The van der Waals surface area contributed by atoms with Gasteiger partial charge in [-0.3, -0.25) is 28.8 Å². The molecule has 0 bridgehead atoms. The highest BCUT2D eigenvalue weighted by molar-refractivity contribution is 8.00. The molecule has 0 spiro atoms. The van der Waals surface area contributed by atoms with Crippen LogP contribution in [0.5, 0.6) is 0 Å². The molecule has 18 heteroatoms. The molecule has 0 aliphatic carbocycles. The Hall–Kier alpha value is -2.27. The maximum absolute atomic E-state index is 12.8. The summed E-state index contributed by atoms with van der Waals surface area (Å²) in [4.78, 5) is 52.7. The third kappa shape index (κ3) is 26.5. The van der Waals surface area contributed by atoms with E-state index in [1.807, 2.05) is 53.4 Å². The molecule has 1 heterocycles. The first-order chi connectivity index (χ1) is 28.9. The van der Waals surface area contributed by atoms with Crippen LogP contribution >= 0.6 is 23.5 Å². The van der Waals surface area contributed by atoms with Gasteiger partial charge in [-0.25, -0.2) is 0 Å². The van der Waals surface area contributed by atoms with Crippen molar-refractivity contribution in [2.75, 3.05) is 64.7 Å². The van der Waals surface area contributed by atoms with Gasteiger partial charge in [-0.1, -0.05) is 86.7 Å². The largest absolute Gasteiger partial charge is 0.462 e. The van der Waals surface area contributed by atoms with E-state index in [0.717, 1.165) is 6.42 Å². The molecule has 0 saturated heterocycles. The summed E-state index contributed by atoms with van der Waals surface area (Å²) in [5, 5.41) is 8.25. The number of thioether (sulfide) groups is 2. The third-order valence-electron chi connectivity index (χ3n) is 10.9. The highest BCUT2D eigenvalue weighted by atomic mass is 32.2. The molecule has 14 nitrogen and oxygen atoms in total. The number of rotatable bonds is 32. The lowest BCUT2D eigenvalue weighted by Crippen LogP contribution is -2.34. The normalized spacial score (nSPS) is 14.8. The summed E-state index contributed by atoms with van der Waals surface area (Å²) in [6.45, 7) is 29.9. The summed E-state index contributed by atoms with van der Waals surface area (Å²) in [6, 6.07) is 0. The van der Waals surface area contributed by atoms with Crippen molar-refractivity contribution in [1.82, 2.24) is 19.9 Å². The fourth-order valence-corrected chi connectivity index (χ4v) is 8.32. The van der Waals surface area contributed by atoms with Crippen LogP contribution in [0.1, 0.15) is 135 Å². The zero-order valence-electron chi connectivity index (χ0n) is 41.4. The Morgan fingerprint density at radius 2 is 1.22 bits per heavy atom. The van der Waals surface area contributed by atoms with Gasteiger partial charge in [-0.15, -0.1) is 5.10 Å². The van der Waals surface area contributed by atoms with E-state index in [1.165, 1.54) is 0 Å². The molecule has 1 aromatic heterocycles. The molecule has 63 heavy (non-hydrogen) atoms. The standard InChI is InChI=1S/C45H80B2N4O10S2/c1-33(30-62-43(10,11)32-41(6,7)46)38(54)59-26-24-57-36(52)16-20-50(28-35-29-51(49-48-35)22-18-45(14,47)61-23-19-42(8,9)56-15)21-17-37(53)58-25-27-60-39(55)34(2)31-63-44(12,13)40(3,4)5/h29,33-34H,16-28,30-32H2,1-15H3. The summed E-state index contributed by atoms with van der Waals surface area (Å²) in [5.41, 5.74) is -0.524. The first kappa shape index (κ1) is 58.7. The molecule has 0 saturated carbocycles. The van der Waals surface area contributed by atoms with Gasteiger partial charge in [-0.05, 0) is 45.4 Å². The molecule has 0 aliphatic rings. The van der Waals surface area contributed by atoms with Crippen LogP contribution in [-0.2, 0) is 60.7 Å². The Balaban J connectivity index is 2.74. The Bertz CT molecular complexity index is 1550. The quantitative estimate of drug-likeness (QED) is 0.0308. The van der Waals surface area contributed by atoms with Gasteiger partial charge in [0.1, 0.15) is 34.3 Å². The van der Waals surface area contributed by atoms with Crippen LogP contribution in [0.25, 0.3) is 0 Å². The molecule has 0 aromatic carbocycles. The van der Waals surface area contributed by atoms with Crippen molar-refractivity contribution < 1.29 is 47.6 Å². The fourth-order valence-electron chi connectivity index (χ4n) is 5.77. The SMILES string of the molecule is [B]C(C)(C)CC(C)(C)SCC(C)C(=O)OCCOC(=O)CCN(CCC(=O)OCCOC(=O)C(C)CSC(C)(C)C(C)(C)C)Cc1cn(CCC([B])(C)OCCC(C)(C)OC)nn1. The van der Waals surface area contributed by atoms with E-state index in [-0.39, 0.29) is 109 Å². The average Bonchev–Trinajstić information content (AvgIpc) is 3.62. The molecule has 1 aromatic rings. The van der Waals surface area contributed by atoms with Crippen molar-refractivity contribution in [3.63, 3.8) is 0 Å². The number of aryl methyl sites for hydroxylation is 1. The third-order valence-corrected chi connectivity index (χ3v) is 14.4. The van der Waals surface area contributed by atoms with Gasteiger partial charge in [0.25, 0.3) is 0 Å². The van der Waals surface area contributed by atoms with Gasteiger partial charge < -0.3 is 28.4 Å². The zero-order valence-corrected chi connectivity index (χ0v) is 43.0. The van der Waals surface area contributed by atoms with E-state index in [1.54, 1.807) is 41.5 Å². The molecule has 1 rings (SSSR count). The van der Waals surface area contributed by atoms with Crippen LogP contribution in [-0.4, -0.2) is 145 Å². The van der Waals surface area contributed by atoms with Crippen LogP contribution in [0.2, 0.25) is 5.31 Å². The summed E-state index contributed by atoms with van der Waals surface area (Å²) in [6.07, 6.45) is 3.77. The van der Waals surface area contributed by atoms with E-state index in [0.29, 0.717) is 43.2 Å². The molecule has 3 atom stereocenters. The van der Waals surface area contributed by atoms with Gasteiger partial charge >= 0.3 is 23.9 Å². The van der Waals surface area contributed by atoms with Gasteiger partial charge in [0.15, 0.2) is 0 Å². The minimum atomic E-state index is -0.892. The maximum Gasteiger partial charge on any atom is 0.309 e. The average molecular weight is 923 g/mol. The maximum atomic E-state index is 12.8. The number of hydrogen-bond acceptors (Lipinski definition) is 15. The lowest BCUT2D eigenvalue weighted by molar-refractivity contribution is -0.154. The molecular formula is C45H80B2N4O10S2. The predicted octanol–water partition coefficient (Wildman–Crippen LogP) is 7.24. The predicted molar refractivity (Wildman–Crippen MR) is 254 cm³/mol. The Kier molecular flexibility index (Phi) is 25.0. The summed E-state index contributed by atoms with van der Waals surface area (Å²) in [7, 11) is 14.3. The first-order valence-corrected chi connectivity index (χ1v) is 24.1. The second-order valence-electron chi connectivity index (χ2n) is 20.3. The molecule has 0 aliphatic heterocycles. The topological polar surface area (TPSA) is 158 Å². The number of ether oxygens (including phenoxy) is 6. The van der Waals surface area contributed by atoms with E-state index >= 15 is 0 Å². The highest BCUT2D eigenvalue weighted by Crippen LogP contribution is 2.42. The van der Waals surface area contributed by atoms with Crippen LogP contribution in [0.3, 0.4) is 0 Å². The number of carbonyl (C=O) groups excluding carboxylic acids is 4. The smallest absolute Gasteiger partial charge is 0.309 e. The van der Waals surface area contributed by atoms with Crippen molar-refractivity contribution in [1.29, 1.82) is 0 Å². The molecule has 4 radical (unpaired) electrons. The number of nitrogens with zero attached hydrogens (tertiary/aromatic N) is 4. The van der Waals surface area contributed by atoms with Crippen molar-refractivity contribution in [2.45, 2.75) is 168 Å². The Morgan fingerprint density at radius 3 is 1.70 bits per heavy atom.